The number of carbonyl (C=O) groups excluding carboxylic acids is 2. The summed E-state index contributed by atoms with van der Waals surface area (Å²) in [5, 5.41) is 3.44. The molecule has 25 heavy (non-hydrogen) atoms. The van der Waals surface area contributed by atoms with Crippen LogP contribution in [-0.4, -0.2) is 36.9 Å². The van der Waals surface area contributed by atoms with E-state index in [0.29, 0.717) is 28.6 Å². The van der Waals surface area contributed by atoms with Gasteiger partial charge < -0.3 is 15.0 Å². The Morgan fingerprint density at radius 2 is 1.92 bits per heavy atom. The van der Waals surface area contributed by atoms with Gasteiger partial charge >= 0.3 is 0 Å². The summed E-state index contributed by atoms with van der Waals surface area (Å²) in [5.41, 5.74) is 0.902. The van der Waals surface area contributed by atoms with Crippen LogP contribution in [0.4, 0.5) is 5.69 Å². The van der Waals surface area contributed by atoms with Crippen LogP contribution in [0.5, 0.6) is 5.75 Å². The molecule has 0 bridgehead atoms. The molecule has 2 amide bonds. The minimum Gasteiger partial charge on any atom is -0.497 e. The Kier molecular flexibility index (Phi) is 6.67. The minimum absolute atomic E-state index is 0.0918. The molecular formula is C18H18Cl2N2O3. The van der Waals surface area contributed by atoms with E-state index in [-0.39, 0.29) is 23.4 Å². The van der Waals surface area contributed by atoms with E-state index in [0.717, 1.165) is 0 Å². The molecule has 1 N–H and O–H groups in total. The molecule has 0 heterocycles. The van der Waals surface area contributed by atoms with E-state index in [1.807, 2.05) is 0 Å². The average molecular weight is 381 g/mol. The molecule has 0 aliphatic carbocycles. The van der Waals surface area contributed by atoms with Crippen molar-refractivity contribution in [1.82, 2.24) is 4.90 Å². The average Bonchev–Trinajstić information content (AvgIpc) is 2.59. The van der Waals surface area contributed by atoms with Gasteiger partial charge in [-0.25, -0.2) is 0 Å². The number of ether oxygens (including phenoxy) is 1. The highest BCUT2D eigenvalue weighted by Crippen LogP contribution is 2.22. The molecule has 0 atom stereocenters. The van der Waals surface area contributed by atoms with Gasteiger partial charge in [-0.3, -0.25) is 9.59 Å². The first-order valence-corrected chi connectivity index (χ1v) is 8.38. The summed E-state index contributed by atoms with van der Waals surface area (Å²) in [5.74, 6) is -0.00679. The summed E-state index contributed by atoms with van der Waals surface area (Å²) in [6.45, 7) is 2.06. The normalized spacial score (nSPS) is 10.2. The zero-order valence-electron chi connectivity index (χ0n) is 13.9. The predicted molar refractivity (Wildman–Crippen MR) is 99.7 cm³/mol. The molecule has 5 nitrogen and oxygen atoms in total. The highest BCUT2D eigenvalue weighted by Gasteiger charge is 2.20. The Labute approximate surface area is 156 Å². The summed E-state index contributed by atoms with van der Waals surface area (Å²) in [7, 11) is 1.55. The zero-order chi connectivity index (χ0) is 18.4. The molecular weight excluding hydrogens is 363 g/mol. The Balaban J connectivity index is 2.07. The minimum atomic E-state index is -0.329. The first-order chi connectivity index (χ1) is 11.9. The highest BCUT2D eigenvalue weighted by molar-refractivity contribution is 6.36. The molecule has 2 rings (SSSR count). The standard InChI is InChI=1S/C18H18Cl2N2O3/c1-3-22(18(24)15-8-7-12(19)9-16(15)20)11-17(23)21-13-5-4-6-14(10-13)25-2/h4-10H,3,11H2,1-2H3,(H,21,23). The van der Waals surface area contributed by atoms with Crippen LogP contribution >= 0.6 is 23.2 Å². The fourth-order valence-corrected chi connectivity index (χ4v) is 2.72. The number of nitrogens with one attached hydrogen (secondary N) is 1. The topological polar surface area (TPSA) is 58.6 Å². The van der Waals surface area contributed by atoms with Crippen LogP contribution in [0.25, 0.3) is 0 Å². The fourth-order valence-electron chi connectivity index (χ4n) is 2.24. The lowest BCUT2D eigenvalue weighted by molar-refractivity contribution is -0.116. The van der Waals surface area contributed by atoms with E-state index < -0.39 is 0 Å². The Morgan fingerprint density at radius 3 is 2.56 bits per heavy atom. The van der Waals surface area contributed by atoms with Crippen molar-refractivity contribution in [3.05, 3.63) is 58.1 Å². The molecule has 7 heteroatoms. The molecule has 0 saturated carbocycles. The van der Waals surface area contributed by atoms with Crippen LogP contribution in [0.15, 0.2) is 42.5 Å². The van der Waals surface area contributed by atoms with E-state index in [1.165, 1.54) is 11.0 Å². The third-order valence-corrected chi connectivity index (χ3v) is 4.07. The lowest BCUT2D eigenvalue weighted by atomic mass is 10.2. The maximum atomic E-state index is 12.6. The van der Waals surface area contributed by atoms with Gasteiger partial charge in [0, 0.05) is 23.3 Å². The maximum absolute atomic E-state index is 12.6. The predicted octanol–water partition coefficient (Wildman–Crippen LogP) is 4.10. The van der Waals surface area contributed by atoms with Crippen LogP contribution < -0.4 is 10.1 Å². The number of rotatable bonds is 6. The van der Waals surface area contributed by atoms with Crippen molar-refractivity contribution in [2.24, 2.45) is 0 Å². The number of halogens is 2. The quantitative estimate of drug-likeness (QED) is 0.820. The Morgan fingerprint density at radius 1 is 1.16 bits per heavy atom. The summed E-state index contributed by atoms with van der Waals surface area (Å²) in [6.07, 6.45) is 0. The highest BCUT2D eigenvalue weighted by atomic mass is 35.5. The van der Waals surface area contributed by atoms with E-state index in [4.69, 9.17) is 27.9 Å². The third kappa shape index (κ3) is 5.11. The zero-order valence-corrected chi connectivity index (χ0v) is 15.4. The number of hydrogen-bond acceptors (Lipinski definition) is 3. The fraction of sp³-hybridized carbons (Fsp3) is 0.222. The van der Waals surface area contributed by atoms with Crippen LogP contribution in [0.3, 0.4) is 0 Å². The van der Waals surface area contributed by atoms with Crippen molar-refractivity contribution in [3.8, 4) is 5.75 Å². The molecule has 2 aromatic rings. The number of amides is 2. The summed E-state index contributed by atoms with van der Waals surface area (Å²) in [6, 6.07) is 11.6. The molecule has 0 aliphatic heterocycles. The van der Waals surface area contributed by atoms with E-state index in [9.17, 15) is 9.59 Å². The van der Waals surface area contributed by atoms with E-state index in [2.05, 4.69) is 5.32 Å². The second-order valence-electron chi connectivity index (χ2n) is 5.22. The van der Waals surface area contributed by atoms with Crippen LogP contribution in [0, 0.1) is 0 Å². The summed E-state index contributed by atoms with van der Waals surface area (Å²) >= 11 is 11.9. The van der Waals surface area contributed by atoms with Crippen molar-refractivity contribution in [2.75, 3.05) is 25.5 Å². The molecule has 0 unspecified atom stereocenters. The van der Waals surface area contributed by atoms with Gasteiger partial charge in [-0.15, -0.1) is 0 Å². The van der Waals surface area contributed by atoms with Gasteiger partial charge in [0.1, 0.15) is 12.3 Å². The largest absolute Gasteiger partial charge is 0.497 e. The molecule has 0 aromatic heterocycles. The number of anilines is 1. The van der Waals surface area contributed by atoms with Crippen LogP contribution in [-0.2, 0) is 4.79 Å². The number of likely N-dealkylation sites (N-methyl/N-ethyl adjacent to an activating group) is 1. The Bertz CT molecular complexity index is 781. The SMILES string of the molecule is CCN(CC(=O)Nc1cccc(OC)c1)C(=O)c1ccc(Cl)cc1Cl. The first kappa shape index (κ1) is 19.1. The van der Waals surface area contributed by atoms with Crippen LogP contribution in [0.1, 0.15) is 17.3 Å². The molecule has 132 valence electrons. The summed E-state index contributed by atoms with van der Waals surface area (Å²) < 4.78 is 5.12. The lowest BCUT2D eigenvalue weighted by Gasteiger charge is -2.21. The van der Waals surface area contributed by atoms with Crippen LogP contribution in [0.2, 0.25) is 10.0 Å². The third-order valence-electron chi connectivity index (χ3n) is 3.52. The number of methoxy groups -OCH3 is 1. The molecule has 0 spiro atoms. The monoisotopic (exact) mass is 380 g/mol. The van der Waals surface area contributed by atoms with Crippen molar-refractivity contribution >= 4 is 40.7 Å². The van der Waals surface area contributed by atoms with Crippen molar-refractivity contribution in [2.45, 2.75) is 6.92 Å². The number of carbonyl (C=O) groups is 2. The second kappa shape index (κ2) is 8.74. The Hall–Kier alpha value is -2.24. The van der Waals surface area contributed by atoms with Crippen molar-refractivity contribution in [1.29, 1.82) is 0 Å². The van der Waals surface area contributed by atoms with Gasteiger partial charge in [0.2, 0.25) is 5.91 Å². The van der Waals surface area contributed by atoms with Gasteiger partial charge in [-0.2, -0.15) is 0 Å². The van der Waals surface area contributed by atoms with Gasteiger partial charge in [0.15, 0.2) is 0 Å². The molecule has 2 aromatic carbocycles. The lowest BCUT2D eigenvalue weighted by Crippen LogP contribution is -2.38. The number of hydrogen-bond donors (Lipinski definition) is 1. The van der Waals surface area contributed by atoms with Gasteiger partial charge in [-0.05, 0) is 37.3 Å². The second-order valence-corrected chi connectivity index (χ2v) is 6.07. The smallest absolute Gasteiger partial charge is 0.255 e. The van der Waals surface area contributed by atoms with Gasteiger partial charge in [0.05, 0.1) is 17.7 Å². The van der Waals surface area contributed by atoms with Gasteiger partial charge in [-0.1, -0.05) is 29.3 Å². The molecule has 0 aliphatic rings. The maximum Gasteiger partial charge on any atom is 0.255 e. The number of nitrogens with zero attached hydrogens (tertiary/aromatic N) is 1. The molecule has 0 fully saturated rings. The summed E-state index contributed by atoms with van der Waals surface area (Å²) in [4.78, 5) is 26.3. The van der Waals surface area contributed by atoms with Gasteiger partial charge in [0.25, 0.3) is 5.91 Å². The molecule has 0 radical (unpaired) electrons. The van der Waals surface area contributed by atoms with E-state index in [1.54, 1.807) is 50.4 Å². The van der Waals surface area contributed by atoms with E-state index >= 15 is 0 Å². The van der Waals surface area contributed by atoms with Crippen molar-refractivity contribution in [3.63, 3.8) is 0 Å². The van der Waals surface area contributed by atoms with Crippen molar-refractivity contribution < 1.29 is 14.3 Å². The number of benzene rings is 2. The molecule has 0 saturated heterocycles. The first-order valence-electron chi connectivity index (χ1n) is 7.62.